The van der Waals surface area contributed by atoms with Gasteiger partial charge in [-0.05, 0) is 39.3 Å². The molecule has 2 aromatic rings. The van der Waals surface area contributed by atoms with Gasteiger partial charge < -0.3 is 13.3 Å². The average molecular weight is 323 g/mol. The van der Waals surface area contributed by atoms with Crippen molar-refractivity contribution in [1.82, 2.24) is 15.0 Å². The molecular formula is C15H25N3O3Si. The van der Waals surface area contributed by atoms with Crippen molar-refractivity contribution >= 4 is 19.8 Å². The minimum absolute atomic E-state index is 0.610. The molecule has 0 saturated heterocycles. The minimum atomic E-state index is -2.56. The highest BCUT2D eigenvalue weighted by molar-refractivity contribution is 6.60. The maximum atomic E-state index is 5.87. The van der Waals surface area contributed by atoms with Crippen molar-refractivity contribution in [3.63, 3.8) is 0 Å². The lowest BCUT2D eigenvalue weighted by molar-refractivity contribution is 0.0704. The summed E-state index contributed by atoms with van der Waals surface area (Å²) >= 11 is 0. The second-order valence-electron chi connectivity index (χ2n) is 4.89. The van der Waals surface area contributed by atoms with Gasteiger partial charge >= 0.3 is 8.80 Å². The van der Waals surface area contributed by atoms with Crippen LogP contribution in [-0.4, -0.2) is 43.6 Å². The molecule has 0 amide bonds. The van der Waals surface area contributed by atoms with E-state index in [1.54, 1.807) is 0 Å². The standard InChI is InChI=1S/C15H25N3O3Si/c1-4-19-22(20-5-2,21-6-3)13-9-12-18-15-11-8-7-10-14(15)16-17-18/h7-8,10-11H,4-6,9,12-13H2,1-3H3. The van der Waals surface area contributed by atoms with Crippen LogP contribution in [0.25, 0.3) is 11.0 Å². The largest absolute Gasteiger partial charge is 0.500 e. The number of nitrogens with zero attached hydrogens (tertiary/aromatic N) is 3. The summed E-state index contributed by atoms with van der Waals surface area (Å²) in [5.41, 5.74) is 1.98. The summed E-state index contributed by atoms with van der Waals surface area (Å²) in [6.45, 7) is 8.54. The van der Waals surface area contributed by atoms with Gasteiger partial charge in [0.15, 0.2) is 0 Å². The summed E-state index contributed by atoms with van der Waals surface area (Å²) in [7, 11) is -2.56. The van der Waals surface area contributed by atoms with Crippen molar-refractivity contribution in [2.45, 2.75) is 39.8 Å². The molecule has 6 nitrogen and oxygen atoms in total. The normalized spacial score (nSPS) is 12.1. The van der Waals surface area contributed by atoms with Crippen molar-refractivity contribution in [2.24, 2.45) is 0 Å². The lowest BCUT2D eigenvalue weighted by Crippen LogP contribution is -2.46. The van der Waals surface area contributed by atoms with Gasteiger partial charge in [0, 0.05) is 32.4 Å². The zero-order chi connectivity index (χ0) is 15.8. The number of benzene rings is 1. The molecule has 0 bridgehead atoms. The SMILES string of the molecule is CCO[Si](CCCn1nnc2ccccc21)(OCC)OCC. The first-order chi connectivity index (χ1) is 10.7. The van der Waals surface area contributed by atoms with E-state index in [0.29, 0.717) is 19.8 Å². The third-order valence-corrected chi connectivity index (χ3v) is 6.52. The highest BCUT2D eigenvalue weighted by Crippen LogP contribution is 2.19. The molecule has 0 aliphatic carbocycles. The molecule has 0 aliphatic heterocycles. The maximum Gasteiger partial charge on any atom is 0.500 e. The van der Waals surface area contributed by atoms with E-state index in [9.17, 15) is 0 Å². The van der Waals surface area contributed by atoms with E-state index in [-0.39, 0.29) is 0 Å². The zero-order valence-corrected chi connectivity index (χ0v) is 14.6. The third kappa shape index (κ3) is 4.13. The van der Waals surface area contributed by atoms with Gasteiger partial charge in [0.2, 0.25) is 0 Å². The number of aromatic nitrogens is 3. The molecule has 0 fully saturated rings. The molecule has 122 valence electrons. The predicted octanol–water partition coefficient (Wildman–Crippen LogP) is 2.87. The topological polar surface area (TPSA) is 58.4 Å². The Morgan fingerprint density at radius 2 is 1.64 bits per heavy atom. The van der Waals surface area contributed by atoms with E-state index >= 15 is 0 Å². The molecule has 0 aliphatic rings. The Morgan fingerprint density at radius 3 is 2.27 bits per heavy atom. The number of fused-ring (bicyclic) bond motifs is 1. The lowest BCUT2D eigenvalue weighted by atomic mass is 10.3. The second kappa shape index (κ2) is 8.38. The van der Waals surface area contributed by atoms with Crippen molar-refractivity contribution in [2.75, 3.05) is 19.8 Å². The van der Waals surface area contributed by atoms with Crippen LogP contribution < -0.4 is 0 Å². The Balaban J connectivity index is 1.99. The molecule has 22 heavy (non-hydrogen) atoms. The fraction of sp³-hybridized carbons (Fsp3) is 0.600. The van der Waals surface area contributed by atoms with Gasteiger partial charge in [-0.1, -0.05) is 17.3 Å². The first-order valence-electron chi connectivity index (χ1n) is 7.94. The molecule has 0 unspecified atom stereocenters. The van der Waals surface area contributed by atoms with Crippen LogP contribution in [-0.2, 0) is 19.8 Å². The van der Waals surface area contributed by atoms with Gasteiger partial charge in [0.1, 0.15) is 5.52 Å². The van der Waals surface area contributed by atoms with Gasteiger partial charge in [-0.25, -0.2) is 4.68 Å². The Hall–Kier alpha value is -1.28. The van der Waals surface area contributed by atoms with Crippen LogP contribution >= 0.6 is 0 Å². The Kier molecular flexibility index (Phi) is 6.50. The molecule has 1 heterocycles. The van der Waals surface area contributed by atoms with Gasteiger partial charge in [0.05, 0.1) is 5.52 Å². The monoisotopic (exact) mass is 323 g/mol. The molecule has 2 rings (SSSR count). The van der Waals surface area contributed by atoms with E-state index < -0.39 is 8.80 Å². The average Bonchev–Trinajstić information content (AvgIpc) is 2.92. The van der Waals surface area contributed by atoms with E-state index in [2.05, 4.69) is 10.3 Å². The molecule has 0 radical (unpaired) electrons. The molecule has 0 N–H and O–H groups in total. The number of hydrogen-bond acceptors (Lipinski definition) is 5. The molecule has 0 spiro atoms. The molecule has 7 heteroatoms. The summed E-state index contributed by atoms with van der Waals surface area (Å²) < 4.78 is 19.5. The quantitative estimate of drug-likeness (QED) is 0.629. The van der Waals surface area contributed by atoms with Crippen LogP contribution in [0.5, 0.6) is 0 Å². The van der Waals surface area contributed by atoms with E-state index in [0.717, 1.165) is 30.0 Å². The van der Waals surface area contributed by atoms with Crippen LogP contribution in [0, 0.1) is 0 Å². The van der Waals surface area contributed by atoms with Gasteiger partial charge in [-0.2, -0.15) is 0 Å². The van der Waals surface area contributed by atoms with Gasteiger partial charge in [-0.3, -0.25) is 0 Å². The fourth-order valence-corrected chi connectivity index (χ4v) is 5.12. The van der Waals surface area contributed by atoms with Crippen LogP contribution in [0.4, 0.5) is 0 Å². The van der Waals surface area contributed by atoms with Crippen LogP contribution in [0.15, 0.2) is 24.3 Å². The summed E-state index contributed by atoms with van der Waals surface area (Å²) in [5, 5.41) is 8.39. The number of rotatable bonds is 10. The van der Waals surface area contributed by atoms with Crippen molar-refractivity contribution in [3.8, 4) is 0 Å². The van der Waals surface area contributed by atoms with Crippen molar-refractivity contribution in [1.29, 1.82) is 0 Å². The van der Waals surface area contributed by atoms with Crippen LogP contribution in [0.3, 0.4) is 0 Å². The molecule has 1 aromatic carbocycles. The first kappa shape index (κ1) is 17.1. The number of para-hydroxylation sites is 1. The summed E-state index contributed by atoms with van der Waals surface area (Å²) in [6.07, 6.45) is 0.888. The Morgan fingerprint density at radius 1 is 1.00 bits per heavy atom. The smallest absolute Gasteiger partial charge is 0.374 e. The fourth-order valence-electron chi connectivity index (χ4n) is 2.53. The van der Waals surface area contributed by atoms with E-state index in [1.165, 1.54) is 0 Å². The molecule has 1 aromatic heterocycles. The van der Waals surface area contributed by atoms with Crippen LogP contribution in [0.1, 0.15) is 27.2 Å². The Labute approximate surface area is 132 Å². The second-order valence-corrected chi connectivity index (χ2v) is 7.62. The zero-order valence-electron chi connectivity index (χ0n) is 13.6. The maximum absolute atomic E-state index is 5.87. The van der Waals surface area contributed by atoms with Crippen molar-refractivity contribution < 1.29 is 13.3 Å². The Bertz CT molecular complexity index is 559. The van der Waals surface area contributed by atoms with Gasteiger partial charge in [0.25, 0.3) is 0 Å². The summed E-state index contributed by atoms with van der Waals surface area (Å²) in [6, 6.07) is 8.77. The predicted molar refractivity (Wildman–Crippen MR) is 87.6 cm³/mol. The first-order valence-corrected chi connectivity index (χ1v) is 9.88. The highest BCUT2D eigenvalue weighted by Gasteiger charge is 2.39. The third-order valence-electron chi connectivity index (χ3n) is 3.37. The van der Waals surface area contributed by atoms with Crippen LogP contribution in [0.2, 0.25) is 6.04 Å². The highest BCUT2D eigenvalue weighted by atomic mass is 28.4. The summed E-state index contributed by atoms with van der Waals surface area (Å²) in [4.78, 5) is 0. The lowest BCUT2D eigenvalue weighted by Gasteiger charge is -2.28. The van der Waals surface area contributed by atoms with E-state index in [1.807, 2.05) is 49.7 Å². The van der Waals surface area contributed by atoms with Gasteiger partial charge in [-0.15, -0.1) is 5.10 Å². The molecule has 0 saturated carbocycles. The van der Waals surface area contributed by atoms with Crippen molar-refractivity contribution in [3.05, 3.63) is 24.3 Å². The minimum Gasteiger partial charge on any atom is -0.374 e. The molecule has 0 atom stereocenters. The molecular weight excluding hydrogens is 298 g/mol. The van der Waals surface area contributed by atoms with E-state index in [4.69, 9.17) is 13.3 Å². The number of hydrogen-bond donors (Lipinski definition) is 0. The summed E-state index contributed by atoms with van der Waals surface area (Å²) in [5.74, 6) is 0. The number of aryl methyl sites for hydroxylation is 1.